The van der Waals surface area contributed by atoms with Gasteiger partial charge in [0.05, 0.1) is 18.6 Å². The highest BCUT2D eigenvalue weighted by molar-refractivity contribution is 7.98. The van der Waals surface area contributed by atoms with Crippen molar-refractivity contribution in [2.75, 3.05) is 18.6 Å². The molecule has 0 spiro atoms. The van der Waals surface area contributed by atoms with Crippen molar-refractivity contribution in [2.24, 2.45) is 5.92 Å². The number of benzene rings is 1. The number of carbonyl (C=O) groups is 2. The fourth-order valence-corrected chi connectivity index (χ4v) is 3.80. The molecule has 25 heavy (non-hydrogen) atoms. The predicted octanol–water partition coefficient (Wildman–Crippen LogP) is 2.93. The zero-order valence-corrected chi connectivity index (χ0v) is 16.0. The molecule has 5 heteroatoms. The van der Waals surface area contributed by atoms with Crippen LogP contribution in [0.1, 0.15) is 49.7 Å². The maximum atomic E-state index is 12.4. The molecule has 1 fully saturated rings. The Balaban J connectivity index is 1.91. The van der Waals surface area contributed by atoms with Gasteiger partial charge in [-0.3, -0.25) is 9.59 Å². The van der Waals surface area contributed by atoms with E-state index >= 15 is 0 Å². The molecule has 0 unspecified atom stereocenters. The van der Waals surface area contributed by atoms with E-state index in [1.54, 1.807) is 11.8 Å². The van der Waals surface area contributed by atoms with Crippen LogP contribution < -0.4 is 5.32 Å². The predicted molar refractivity (Wildman–Crippen MR) is 103 cm³/mol. The van der Waals surface area contributed by atoms with E-state index in [9.17, 15) is 14.7 Å². The minimum atomic E-state index is -0.259. The molecule has 1 aliphatic rings. The number of amides is 1. The van der Waals surface area contributed by atoms with Gasteiger partial charge >= 0.3 is 0 Å². The number of aliphatic hydroxyl groups is 1. The summed E-state index contributed by atoms with van der Waals surface area (Å²) >= 11 is 1.71. The molecule has 1 amide bonds. The van der Waals surface area contributed by atoms with E-state index in [4.69, 9.17) is 0 Å². The Morgan fingerprint density at radius 3 is 2.64 bits per heavy atom. The van der Waals surface area contributed by atoms with Gasteiger partial charge < -0.3 is 10.4 Å². The van der Waals surface area contributed by atoms with Crippen LogP contribution in [0.4, 0.5) is 0 Å². The van der Waals surface area contributed by atoms with Gasteiger partial charge in [-0.1, -0.05) is 24.3 Å². The average molecular weight is 364 g/mol. The van der Waals surface area contributed by atoms with E-state index in [0.29, 0.717) is 5.78 Å². The van der Waals surface area contributed by atoms with Gasteiger partial charge in [0.15, 0.2) is 0 Å². The summed E-state index contributed by atoms with van der Waals surface area (Å²) in [5.41, 5.74) is 2.12. The van der Waals surface area contributed by atoms with E-state index in [0.717, 1.165) is 49.0 Å². The number of carbonyl (C=O) groups excluding carboxylic acids is 2. The lowest BCUT2D eigenvalue weighted by Gasteiger charge is -2.19. The van der Waals surface area contributed by atoms with Gasteiger partial charge in [-0.2, -0.15) is 11.8 Å². The first kappa shape index (κ1) is 20.0. The molecule has 2 N–H and O–H groups in total. The molecule has 0 heterocycles. The van der Waals surface area contributed by atoms with Gasteiger partial charge in [0.2, 0.25) is 5.91 Å². The second kappa shape index (κ2) is 9.97. The number of rotatable bonds is 9. The summed E-state index contributed by atoms with van der Waals surface area (Å²) in [7, 11) is 0. The Morgan fingerprint density at radius 2 is 2.08 bits per heavy atom. The molecule has 1 saturated carbocycles. The van der Waals surface area contributed by atoms with Crippen LogP contribution in [0.2, 0.25) is 0 Å². The van der Waals surface area contributed by atoms with E-state index in [1.165, 1.54) is 0 Å². The van der Waals surface area contributed by atoms with Gasteiger partial charge in [-0.05, 0) is 55.7 Å². The Hall–Kier alpha value is -1.33. The lowest BCUT2D eigenvalue weighted by atomic mass is 9.94. The second-order valence-corrected chi connectivity index (χ2v) is 7.88. The minimum absolute atomic E-state index is 0.0344. The summed E-state index contributed by atoms with van der Waals surface area (Å²) < 4.78 is 0. The first-order valence-corrected chi connectivity index (χ1v) is 10.5. The second-order valence-electron chi connectivity index (χ2n) is 6.89. The third kappa shape index (κ3) is 5.86. The highest BCUT2D eigenvalue weighted by atomic mass is 32.2. The first-order chi connectivity index (χ1) is 12.0. The number of hydrogen-bond acceptors (Lipinski definition) is 4. The number of Topliss-reactive ketones (excluding diaryl/α,β-unsaturated/α-hetero) is 1. The monoisotopic (exact) mass is 363 g/mol. The van der Waals surface area contributed by atoms with Crippen LogP contribution >= 0.6 is 11.8 Å². The van der Waals surface area contributed by atoms with Crippen molar-refractivity contribution in [1.29, 1.82) is 0 Å². The Labute approximate surface area is 154 Å². The first-order valence-electron chi connectivity index (χ1n) is 9.06. The van der Waals surface area contributed by atoms with Crippen molar-refractivity contribution in [3.05, 3.63) is 35.4 Å². The van der Waals surface area contributed by atoms with Crippen molar-refractivity contribution in [3.63, 3.8) is 0 Å². The molecule has 1 aromatic carbocycles. The Morgan fingerprint density at radius 1 is 1.36 bits per heavy atom. The molecule has 0 saturated heterocycles. The maximum Gasteiger partial charge on any atom is 0.227 e. The van der Waals surface area contributed by atoms with E-state index in [1.807, 2.05) is 37.4 Å². The fourth-order valence-electron chi connectivity index (χ4n) is 3.28. The standard InChI is InChI=1S/C20H29NO3S/c1-14(20(24)21-18(13-22)10-11-25-2)16-8-6-15(7-9-16)12-17-4-3-5-19(17)23/h6-9,14,17-18,22H,3-5,10-13H2,1-2H3,(H,21,24)/t14-,17+,18+/m1/s1. The molecular weight excluding hydrogens is 334 g/mol. The summed E-state index contributed by atoms with van der Waals surface area (Å²) in [5, 5.41) is 12.3. The van der Waals surface area contributed by atoms with Crippen molar-refractivity contribution in [3.8, 4) is 0 Å². The van der Waals surface area contributed by atoms with Gasteiger partial charge in [-0.25, -0.2) is 0 Å². The lowest BCUT2D eigenvalue weighted by Crippen LogP contribution is -2.40. The van der Waals surface area contributed by atoms with Crippen molar-refractivity contribution < 1.29 is 14.7 Å². The van der Waals surface area contributed by atoms with Gasteiger partial charge in [0.1, 0.15) is 5.78 Å². The normalized spacial score (nSPS) is 19.6. The highest BCUT2D eigenvalue weighted by Gasteiger charge is 2.24. The van der Waals surface area contributed by atoms with E-state index in [-0.39, 0.29) is 30.4 Å². The zero-order valence-electron chi connectivity index (χ0n) is 15.2. The number of thioether (sulfide) groups is 1. The fraction of sp³-hybridized carbons (Fsp3) is 0.600. The minimum Gasteiger partial charge on any atom is -0.394 e. The van der Waals surface area contributed by atoms with Crippen LogP contribution in [0.15, 0.2) is 24.3 Å². The van der Waals surface area contributed by atoms with Crippen LogP contribution in [0.5, 0.6) is 0 Å². The number of ketones is 1. The third-order valence-corrected chi connectivity index (χ3v) is 5.67. The third-order valence-electron chi connectivity index (χ3n) is 5.02. The highest BCUT2D eigenvalue weighted by Crippen LogP contribution is 2.26. The molecule has 0 radical (unpaired) electrons. The molecule has 1 aromatic rings. The van der Waals surface area contributed by atoms with Crippen LogP contribution in [0.25, 0.3) is 0 Å². The van der Waals surface area contributed by atoms with Crippen molar-refractivity contribution in [2.45, 2.75) is 51.0 Å². The van der Waals surface area contributed by atoms with Crippen LogP contribution in [-0.2, 0) is 16.0 Å². The van der Waals surface area contributed by atoms with E-state index < -0.39 is 0 Å². The number of aliphatic hydroxyl groups excluding tert-OH is 1. The molecule has 4 nitrogen and oxygen atoms in total. The Kier molecular flexibility index (Phi) is 7.97. The van der Waals surface area contributed by atoms with Crippen molar-refractivity contribution in [1.82, 2.24) is 5.32 Å². The summed E-state index contributed by atoms with van der Waals surface area (Å²) in [6, 6.07) is 7.84. The molecule has 1 aliphatic carbocycles. The van der Waals surface area contributed by atoms with Crippen LogP contribution in [0, 0.1) is 5.92 Å². The molecule has 138 valence electrons. The summed E-state index contributed by atoms with van der Waals surface area (Å²) in [4.78, 5) is 24.2. The lowest BCUT2D eigenvalue weighted by molar-refractivity contribution is -0.123. The average Bonchev–Trinajstić information content (AvgIpc) is 3.03. The summed E-state index contributed by atoms with van der Waals surface area (Å²) in [5.74, 6) is 1.16. The zero-order chi connectivity index (χ0) is 18.2. The molecule has 2 rings (SSSR count). The molecule has 0 bridgehead atoms. The number of nitrogens with one attached hydrogen (secondary N) is 1. The largest absolute Gasteiger partial charge is 0.394 e. The van der Waals surface area contributed by atoms with Gasteiger partial charge in [0, 0.05) is 12.3 Å². The van der Waals surface area contributed by atoms with Crippen LogP contribution in [0.3, 0.4) is 0 Å². The van der Waals surface area contributed by atoms with Gasteiger partial charge in [-0.15, -0.1) is 0 Å². The summed E-state index contributed by atoms with van der Waals surface area (Å²) in [6.45, 7) is 1.85. The van der Waals surface area contributed by atoms with Gasteiger partial charge in [0.25, 0.3) is 0 Å². The topological polar surface area (TPSA) is 66.4 Å². The molecule has 0 aliphatic heterocycles. The number of hydrogen-bond donors (Lipinski definition) is 2. The Bertz CT molecular complexity index is 573. The smallest absolute Gasteiger partial charge is 0.227 e. The molecule has 3 atom stereocenters. The van der Waals surface area contributed by atoms with E-state index in [2.05, 4.69) is 5.32 Å². The molecular formula is C20H29NO3S. The quantitative estimate of drug-likeness (QED) is 0.708. The molecule has 0 aromatic heterocycles. The maximum absolute atomic E-state index is 12.4. The SMILES string of the molecule is CSCC[C@@H](CO)NC(=O)[C@H](C)c1ccc(C[C@@H]2CCCC2=O)cc1. The van der Waals surface area contributed by atoms with Crippen LogP contribution in [-0.4, -0.2) is 41.5 Å². The van der Waals surface area contributed by atoms with Crippen molar-refractivity contribution >= 4 is 23.5 Å². The summed E-state index contributed by atoms with van der Waals surface area (Å²) in [6.07, 6.45) is 6.33.